The molecule has 0 saturated heterocycles. The van der Waals surface area contributed by atoms with E-state index >= 15 is 0 Å². The third kappa shape index (κ3) is 6.25. The molecule has 0 N–H and O–H groups in total. The van der Waals surface area contributed by atoms with Crippen LogP contribution in [-0.2, 0) is 5.41 Å². The number of nitrogens with zero attached hydrogens (tertiary/aromatic N) is 2. The zero-order valence-corrected chi connectivity index (χ0v) is 35.9. The van der Waals surface area contributed by atoms with Crippen molar-refractivity contribution in [1.82, 2.24) is 4.57 Å². The molecule has 2 heteroatoms. The molecule has 0 atom stereocenters. The van der Waals surface area contributed by atoms with Gasteiger partial charge in [0.2, 0.25) is 0 Å². The molecular formula is C60H48N2. The second-order valence-electron chi connectivity index (χ2n) is 17.7. The number of aromatic nitrogens is 1. The van der Waals surface area contributed by atoms with Crippen molar-refractivity contribution in [2.45, 2.75) is 40.0 Å². The van der Waals surface area contributed by atoms with Gasteiger partial charge in [0.25, 0.3) is 0 Å². The maximum absolute atomic E-state index is 2.41. The first-order valence-corrected chi connectivity index (χ1v) is 21.7. The van der Waals surface area contributed by atoms with Gasteiger partial charge in [-0.3, -0.25) is 0 Å². The highest BCUT2D eigenvalue weighted by molar-refractivity contribution is 6.15. The number of hydrogen-bond donors (Lipinski definition) is 0. The molecule has 0 radical (unpaired) electrons. The summed E-state index contributed by atoms with van der Waals surface area (Å²) < 4.78 is 2.41. The summed E-state index contributed by atoms with van der Waals surface area (Å²) in [6, 6.07) is 74.2. The number of aryl methyl sites for hydroxylation is 3. The zero-order valence-electron chi connectivity index (χ0n) is 35.9. The second kappa shape index (κ2) is 14.6. The topological polar surface area (TPSA) is 8.17 Å². The van der Waals surface area contributed by atoms with E-state index in [1.807, 2.05) is 0 Å². The monoisotopic (exact) mass is 796 g/mol. The van der Waals surface area contributed by atoms with Crippen molar-refractivity contribution in [1.29, 1.82) is 0 Å². The fourth-order valence-corrected chi connectivity index (χ4v) is 9.85. The Balaban J connectivity index is 0.946. The maximum atomic E-state index is 2.41. The highest BCUT2D eigenvalue weighted by Gasteiger charge is 2.35. The molecule has 0 amide bonds. The fourth-order valence-electron chi connectivity index (χ4n) is 9.85. The van der Waals surface area contributed by atoms with Crippen LogP contribution in [0.4, 0.5) is 17.1 Å². The molecule has 298 valence electrons. The minimum atomic E-state index is -0.0435. The largest absolute Gasteiger partial charge is 0.311 e. The summed E-state index contributed by atoms with van der Waals surface area (Å²) in [7, 11) is 0. The molecule has 1 aromatic heterocycles. The number of rotatable bonds is 7. The van der Waals surface area contributed by atoms with Gasteiger partial charge in [0.15, 0.2) is 0 Å². The number of hydrogen-bond acceptors (Lipinski definition) is 1. The molecule has 0 aliphatic heterocycles. The molecule has 9 aromatic carbocycles. The highest BCUT2D eigenvalue weighted by atomic mass is 15.1. The van der Waals surface area contributed by atoms with Crippen molar-refractivity contribution in [3.05, 3.63) is 228 Å². The summed E-state index contributed by atoms with van der Waals surface area (Å²) in [5, 5.41) is 2.51. The van der Waals surface area contributed by atoms with Crippen molar-refractivity contribution in [2.24, 2.45) is 0 Å². The average molecular weight is 797 g/mol. The van der Waals surface area contributed by atoms with E-state index in [1.54, 1.807) is 0 Å². The van der Waals surface area contributed by atoms with E-state index in [1.165, 1.54) is 94.1 Å². The van der Waals surface area contributed by atoms with Crippen molar-refractivity contribution in [2.75, 3.05) is 4.90 Å². The molecule has 2 nitrogen and oxygen atoms in total. The van der Waals surface area contributed by atoms with Crippen LogP contribution < -0.4 is 4.90 Å². The molecule has 0 spiro atoms. The Bertz CT molecular complexity index is 3290. The molecule has 0 fully saturated rings. The first-order chi connectivity index (χ1) is 30.2. The molecule has 0 bridgehead atoms. The van der Waals surface area contributed by atoms with Crippen LogP contribution in [0.3, 0.4) is 0 Å². The SMILES string of the molecule is Cc1ccc(-c2ccc(-n3c4ccccc4c4c(-c5ccc(N(c6ccc(C)cc6)c6ccc(-c7ccc8c(c7)C(C)(C)c7cc(C)ccc7-8)cc6)cc5)cccc43)cc2)cc1. The quantitative estimate of drug-likeness (QED) is 0.156. The van der Waals surface area contributed by atoms with Crippen LogP contribution >= 0.6 is 0 Å². The second-order valence-corrected chi connectivity index (χ2v) is 17.7. The molecule has 11 rings (SSSR count). The number of para-hydroxylation sites is 1. The van der Waals surface area contributed by atoms with Gasteiger partial charge in [0.05, 0.1) is 11.0 Å². The smallest absolute Gasteiger partial charge is 0.0547 e. The summed E-state index contributed by atoms with van der Waals surface area (Å²) in [5.41, 5.74) is 23.5. The fraction of sp³-hybridized carbons (Fsp3) is 0.100. The van der Waals surface area contributed by atoms with Gasteiger partial charge in [-0.1, -0.05) is 164 Å². The van der Waals surface area contributed by atoms with E-state index in [0.717, 1.165) is 22.7 Å². The molecule has 0 unspecified atom stereocenters. The van der Waals surface area contributed by atoms with Gasteiger partial charge in [0.1, 0.15) is 0 Å². The van der Waals surface area contributed by atoms with Crippen LogP contribution in [0.1, 0.15) is 41.7 Å². The molecule has 10 aromatic rings. The molecule has 1 heterocycles. The van der Waals surface area contributed by atoms with E-state index in [4.69, 9.17) is 0 Å². The Kier molecular flexibility index (Phi) is 8.87. The van der Waals surface area contributed by atoms with Gasteiger partial charge >= 0.3 is 0 Å². The van der Waals surface area contributed by atoms with Crippen LogP contribution in [0.15, 0.2) is 200 Å². The first-order valence-electron chi connectivity index (χ1n) is 21.7. The molecule has 1 aliphatic rings. The zero-order chi connectivity index (χ0) is 42.1. The van der Waals surface area contributed by atoms with Crippen molar-refractivity contribution in [3.63, 3.8) is 0 Å². The van der Waals surface area contributed by atoms with Crippen LogP contribution in [-0.4, -0.2) is 4.57 Å². The maximum Gasteiger partial charge on any atom is 0.0547 e. The van der Waals surface area contributed by atoms with Gasteiger partial charge < -0.3 is 9.47 Å². The first kappa shape index (κ1) is 37.6. The van der Waals surface area contributed by atoms with Crippen LogP contribution in [0, 0.1) is 20.8 Å². The van der Waals surface area contributed by atoms with Crippen LogP contribution in [0.5, 0.6) is 0 Å². The number of benzene rings is 9. The third-order valence-corrected chi connectivity index (χ3v) is 13.2. The summed E-state index contributed by atoms with van der Waals surface area (Å²) >= 11 is 0. The van der Waals surface area contributed by atoms with Gasteiger partial charge in [-0.05, 0) is 143 Å². The van der Waals surface area contributed by atoms with Gasteiger partial charge in [-0.2, -0.15) is 0 Å². The average Bonchev–Trinajstić information content (AvgIpc) is 3.76. The summed E-state index contributed by atoms with van der Waals surface area (Å²) in [6.45, 7) is 11.2. The standard InChI is InChI=1S/C60H48N2/c1-39-13-18-42(19-14-39)43-20-31-50(32-21-43)62-57-11-7-6-9-54(57)59-51(10-8-12-58(59)62)45-24-33-49(34-25-45)61(47-27-15-40(2)16-28-47)48-29-22-44(23-30-48)46-26-36-53-52-35-17-41(3)37-55(52)60(4,5)56(53)38-46/h6-38H,1-5H3. The van der Waals surface area contributed by atoms with Gasteiger partial charge in [-0.25, -0.2) is 0 Å². The highest BCUT2D eigenvalue weighted by Crippen LogP contribution is 2.50. The van der Waals surface area contributed by atoms with Crippen LogP contribution in [0.2, 0.25) is 0 Å². The predicted molar refractivity (Wildman–Crippen MR) is 264 cm³/mol. The van der Waals surface area contributed by atoms with E-state index in [-0.39, 0.29) is 5.41 Å². The Morgan fingerprint density at radius 1 is 0.371 bits per heavy atom. The Morgan fingerprint density at radius 2 is 0.839 bits per heavy atom. The molecule has 62 heavy (non-hydrogen) atoms. The van der Waals surface area contributed by atoms with E-state index in [0.29, 0.717) is 0 Å². The Morgan fingerprint density at radius 3 is 1.50 bits per heavy atom. The normalized spacial score (nSPS) is 12.7. The summed E-state index contributed by atoms with van der Waals surface area (Å²) in [4.78, 5) is 2.37. The Labute approximate surface area is 365 Å². The summed E-state index contributed by atoms with van der Waals surface area (Å²) in [6.07, 6.45) is 0. The van der Waals surface area contributed by atoms with Crippen molar-refractivity contribution >= 4 is 38.9 Å². The third-order valence-electron chi connectivity index (χ3n) is 13.2. The lowest BCUT2D eigenvalue weighted by molar-refractivity contribution is 0.660. The predicted octanol–water partition coefficient (Wildman–Crippen LogP) is 16.5. The summed E-state index contributed by atoms with van der Waals surface area (Å²) in [5.74, 6) is 0. The number of anilines is 3. The van der Waals surface area contributed by atoms with E-state index < -0.39 is 0 Å². The Hall–Kier alpha value is -7.42. The van der Waals surface area contributed by atoms with E-state index in [2.05, 4.69) is 244 Å². The lowest BCUT2D eigenvalue weighted by Crippen LogP contribution is -2.15. The van der Waals surface area contributed by atoms with Crippen molar-refractivity contribution < 1.29 is 0 Å². The van der Waals surface area contributed by atoms with E-state index in [9.17, 15) is 0 Å². The lowest BCUT2D eigenvalue weighted by atomic mass is 9.81. The molecule has 1 aliphatic carbocycles. The minimum Gasteiger partial charge on any atom is -0.311 e. The minimum absolute atomic E-state index is 0.0435. The number of fused-ring (bicyclic) bond motifs is 6. The van der Waals surface area contributed by atoms with Crippen molar-refractivity contribution in [3.8, 4) is 50.2 Å². The molecular weight excluding hydrogens is 749 g/mol. The molecule has 0 saturated carbocycles. The van der Waals surface area contributed by atoms with Gasteiger partial charge in [0, 0.05) is 38.9 Å². The lowest BCUT2D eigenvalue weighted by Gasteiger charge is -2.26. The van der Waals surface area contributed by atoms with Crippen LogP contribution in [0.25, 0.3) is 72.0 Å². The van der Waals surface area contributed by atoms with Gasteiger partial charge in [-0.15, -0.1) is 0 Å².